The summed E-state index contributed by atoms with van der Waals surface area (Å²) in [6.07, 6.45) is 1.49. The minimum atomic E-state index is -1.26. The van der Waals surface area contributed by atoms with Crippen LogP contribution < -0.4 is 5.32 Å². The van der Waals surface area contributed by atoms with Gasteiger partial charge < -0.3 is 19.7 Å². The molecule has 1 aromatic heterocycles. The monoisotopic (exact) mass is 454 g/mol. The number of halogens is 3. The predicted octanol–water partition coefficient (Wildman–Crippen LogP) is 2.09. The number of nitrogens with one attached hydrogen (secondary N) is 1. The Morgan fingerprint density at radius 1 is 1.03 bits per heavy atom. The van der Waals surface area contributed by atoms with Crippen molar-refractivity contribution in [3.05, 3.63) is 41.7 Å². The van der Waals surface area contributed by atoms with E-state index in [1.54, 1.807) is 6.07 Å². The molecular weight excluding hydrogens is 431 g/mol. The second-order valence-corrected chi connectivity index (χ2v) is 9.11. The number of ether oxygens (including phenoxy) is 2. The van der Waals surface area contributed by atoms with Gasteiger partial charge in [0.15, 0.2) is 11.6 Å². The highest BCUT2D eigenvalue weighted by Crippen LogP contribution is 2.41. The molecule has 11 heteroatoms. The Morgan fingerprint density at radius 2 is 1.79 bits per heavy atom. The minimum Gasteiger partial charge on any atom is -0.376 e. The number of hydrogen-bond acceptors (Lipinski definition) is 6. The Balaban J connectivity index is 1.19. The third-order valence-corrected chi connectivity index (χ3v) is 6.92. The van der Waals surface area contributed by atoms with Gasteiger partial charge in [-0.05, 0) is 48.2 Å². The summed E-state index contributed by atoms with van der Waals surface area (Å²) >= 11 is 0. The zero-order chi connectivity index (χ0) is 23.2. The Kier molecular flexibility index (Phi) is 6.13. The molecule has 3 aliphatic rings. The smallest absolute Gasteiger partial charge is 0.168 e. The van der Waals surface area contributed by atoms with Crippen molar-refractivity contribution in [2.24, 2.45) is 11.8 Å². The van der Waals surface area contributed by atoms with E-state index in [4.69, 9.17) is 25.2 Å². The van der Waals surface area contributed by atoms with E-state index in [1.165, 1.54) is 6.07 Å². The molecule has 5 rings (SSSR count). The van der Waals surface area contributed by atoms with Crippen molar-refractivity contribution in [1.82, 2.24) is 15.1 Å². The van der Waals surface area contributed by atoms with E-state index in [2.05, 4.69) is 20.4 Å². The van der Waals surface area contributed by atoms with Gasteiger partial charge in [0.25, 0.3) is 0 Å². The second-order valence-electron chi connectivity index (χ2n) is 9.11. The number of rotatable bonds is 5. The van der Waals surface area contributed by atoms with Crippen LogP contribution in [0.15, 0.2) is 24.3 Å². The van der Waals surface area contributed by atoms with Crippen LogP contribution in [-0.2, 0) is 9.47 Å². The molecule has 4 atom stereocenters. The lowest BCUT2D eigenvalue weighted by molar-refractivity contribution is -0.112. The summed E-state index contributed by atoms with van der Waals surface area (Å²) in [5, 5.41) is 10.3. The molecule has 4 radical (unpaired) electrons. The molecule has 2 aliphatic heterocycles. The highest BCUT2D eigenvalue weighted by atomic mass is 19.2. The maximum absolute atomic E-state index is 14.0. The fraction of sp³-hybridized carbons (Fsp3) is 0.545. The lowest BCUT2D eigenvalue weighted by Gasteiger charge is -2.45. The Labute approximate surface area is 193 Å². The number of aromatic nitrogens is 2. The molecule has 1 aliphatic carbocycles. The zero-order valence-corrected chi connectivity index (χ0v) is 18.0. The van der Waals surface area contributed by atoms with Gasteiger partial charge in [-0.2, -0.15) is 0 Å². The average Bonchev–Trinajstić information content (AvgIpc) is 3.37. The molecule has 6 nitrogen and oxygen atoms in total. The fourth-order valence-electron chi connectivity index (χ4n) is 5.20. The molecular formula is C22H23B2F3N4O2. The average molecular weight is 454 g/mol. The van der Waals surface area contributed by atoms with E-state index in [1.807, 2.05) is 0 Å². The summed E-state index contributed by atoms with van der Waals surface area (Å²) in [5.74, 6) is -1.88. The van der Waals surface area contributed by atoms with Crippen molar-refractivity contribution in [2.45, 2.75) is 30.3 Å². The highest BCUT2D eigenvalue weighted by molar-refractivity contribution is 6.40. The number of likely N-dealkylation sites (tertiary alicyclic amines) is 1. The summed E-state index contributed by atoms with van der Waals surface area (Å²) in [6, 6.07) is 4.72. The van der Waals surface area contributed by atoms with Crippen LogP contribution >= 0.6 is 0 Å². The first-order chi connectivity index (χ1) is 15.8. The van der Waals surface area contributed by atoms with Gasteiger partial charge in [-0.25, -0.2) is 13.2 Å². The quantitative estimate of drug-likeness (QED) is 0.552. The van der Waals surface area contributed by atoms with Crippen LogP contribution in [0, 0.1) is 29.3 Å². The maximum Gasteiger partial charge on any atom is 0.168 e. The summed E-state index contributed by atoms with van der Waals surface area (Å²) < 4.78 is 52.1. The summed E-state index contributed by atoms with van der Waals surface area (Å²) in [4.78, 5) is 2.10. The molecule has 0 amide bonds. The minimum absolute atomic E-state index is 0.0616. The van der Waals surface area contributed by atoms with Crippen LogP contribution in [0.2, 0.25) is 0 Å². The van der Waals surface area contributed by atoms with Gasteiger partial charge >= 0.3 is 0 Å². The van der Waals surface area contributed by atoms with E-state index in [0.717, 1.165) is 32.0 Å². The third kappa shape index (κ3) is 4.50. The van der Waals surface area contributed by atoms with Crippen molar-refractivity contribution in [2.75, 3.05) is 38.2 Å². The van der Waals surface area contributed by atoms with Gasteiger partial charge in [-0.1, -0.05) is 0 Å². The molecule has 3 fully saturated rings. The molecule has 2 unspecified atom stereocenters. The molecule has 0 spiro atoms. The Bertz CT molecular complexity index is 994. The molecule has 33 heavy (non-hydrogen) atoms. The van der Waals surface area contributed by atoms with Gasteiger partial charge in [0, 0.05) is 30.8 Å². The zero-order valence-electron chi connectivity index (χ0n) is 18.0. The number of fused-ring (bicyclic) bond motifs is 1. The highest BCUT2D eigenvalue weighted by Gasteiger charge is 2.47. The third-order valence-electron chi connectivity index (χ3n) is 6.92. The Hall–Kier alpha value is -2.10. The van der Waals surface area contributed by atoms with Crippen LogP contribution in [0.25, 0.3) is 11.3 Å². The number of nitrogens with zero attached hydrogens (tertiary/aromatic N) is 3. The lowest BCUT2D eigenvalue weighted by atomic mass is 9.57. The first-order valence-corrected chi connectivity index (χ1v) is 11.1. The molecule has 0 bridgehead atoms. The van der Waals surface area contributed by atoms with Gasteiger partial charge in [0.2, 0.25) is 0 Å². The van der Waals surface area contributed by atoms with E-state index in [0.29, 0.717) is 43.5 Å². The number of anilines is 1. The molecule has 2 aromatic rings. The van der Waals surface area contributed by atoms with Gasteiger partial charge in [0.05, 0.1) is 47.3 Å². The normalized spacial score (nSPS) is 28.1. The van der Waals surface area contributed by atoms with Crippen LogP contribution in [0.5, 0.6) is 0 Å². The van der Waals surface area contributed by atoms with Crippen molar-refractivity contribution < 1.29 is 22.6 Å². The van der Waals surface area contributed by atoms with E-state index in [-0.39, 0.29) is 23.4 Å². The SMILES string of the molecule is [B]C([B])(C1COCCO1)N1C[C@H]2CC(Nc3ccc(-c4cc(F)cc(F)c4F)nn3)C[C@H]2C1. The van der Waals surface area contributed by atoms with Gasteiger partial charge in [-0.3, -0.25) is 0 Å². The van der Waals surface area contributed by atoms with Crippen LogP contribution in [0.4, 0.5) is 19.0 Å². The maximum atomic E-state index is 14.0. The van der Waals surface area contributed by atoms with Crippen molar-refractivity contribution in [3.8, 4) is 11.3 Å². The van der Waals surface area contributed by atoms with Crippen molar-refractivity contribution in [1.29, 1.82) is 0 Å². The summed E-state index contributed by atoms with van der Waals surface area (Å²) in [6.45, 7) is 3.01. The molecule has 1 N–H and O–H groups in total. The van der Waals surface area contributed by atoms with Crippen molar-refractivity contribution in [3.63, 3.8) is 0 Å². The van der Waals surface area contributed by atoms with Crippen LogP contribution in [0.3, 0.4) is 0 Å². The number of benzene rings is 1. The van der Waals surface area contributed by atoms with Gasteiger partial charge in [0.1, 0.15) is 11.6 Å². The lowest BCUT2D eigenvalue weighted by Crippen LogP contribution is -2.61. The van der Waals surface area contributed by atoms with Crippen molar-refractivity contribution >= 4 is 21.5 Å². The Morgan fingerprint density at radius 3 is 2.42 bits per heavy atom. The number of hydrogen-bond donors (Lipinski definition) is 1. The van der Waals surface area contributed by atoms with E-state index >= 15 is 0 Å². The molecule has 1 aromatic carbocycles. The van der Waals surface area contributed by atoms with Crippen LogP contribution in [0.1, 0.15) is 12.8 Å². The molecule has 3 heterocycles. The van der Waals surface area contributed by atoms with E-state index in [9.17, 15) is 13.2 Å². The predicted molar refractivity (Wildman–Crippen MR) is 117 cm³/mol. The first kappa shape index (κ1) is 22.7. The summed E-state index contributed by atoms with van der Waals surface area (Å²) in [5.41, 5.74) is -0.201. The topological polar surface area (TPSA) is 59.5 Å². The van der Waals surface area contributed by atoms with Crippen LogP contribution in [-0.4, -0.2) is 81.2 Å². The first-order valence-electron chi connectivity index (χ1n) is 11.1. The second kappa shape index (κ2) is 8.92. The summed E-state index contributed by atoms with van der Waals surface area (Å²) in [7, 11) is 12.9. The van der Waals surface area contributed by atoms with Gasteiger partial charge in [-0.15, -0.1) is 10.2 Å². The fourth-order valence-corrected chi connectivity index (χ4v) is 5.20. The standard InChI is InChI=1S/C22H23B2F3N4O2/c23-22(24,19-11-32-3-4-33-19)31-9-12-5-15(6-13(12)10-31)28-20-2-1-18(29-30-20)16-7-14(25)8-17(26)21(16)27/h1-2,7-8,12-13,15,19H,3-6,9-11H2,(H,28,30)/t12-,13+,15?,19?. The van der Waals surface area contributed by atoms with E-state index < -0.39 is 22.8 Å². The molecule has 2 saturated heterocycles. The molecule has 1 saturated carbocycles. The molecule has 170 valence electrons. The largest absolute Gasteiger partial charge is 0.376 e.